The molecule has 53 heavy (non-hydrogen) atoms. The minimum atomic E-state index is -0.505. The van der Waals surface area contributed by atoms with Crippen LogP contribution in [0.4, 0.5) is 0 Å². The Morgan fingerprint density at radius 2 is 0.509 bits per heavy atom. The van der Waals surface area contributed by atoms with Gasteiger partial charge in [0.05, 0.1) is 34.2 Å². The van der Waals surface area contributed by atoms with Gasteiger partial charge in [-0.2, -0.15) is 10.1 Å². The van der Waals surface area contributed by atoms with Crippen molar-refractivity contribution in [2.45, 2.75) is 25.7 Å². The maximum absolute atomic E-state index is 10.2. The van der Waals surface area contributed by atoms with Gasteiger partial charge in [0, 0.05) is 62.9 Å². The van der Waals surface area contributed by atoms with Crippen LogP contribution in [0.1, 0.15) is 25.7 Å². The predicted molar refractivity (Wildman–Crippen MR) is 188 cm³/mol. The zero-order chi connectivity index (χ0) is 37.0. The molecule has 8 rings (SSSR count). The third-order valence-electron chi connectivity index (χ3n) is 6.83. The topological polar surface area (TPSA) is 193 Å². The summed E-state index contributed by atoms with van der Waals surface area (Å²) in [5.41, 5.74) is 5.49. The minimum Gasteiger partial charge on any atom is -0.279 e. The van der Waals surface area contributed by atoms with E-state index in [0.717, 1.165) is 34.2 Å². The molecule has 0 radical (unpaired) electrons. The first-order chi connectivity index (χ1) is 25.3. The van der Waals surface area contributed by atoms with Crippen LogP contribution in [0, 0.1) is 0 Å². The third kappa shape index (κ3) is 13.8. The molecule has 0 spiro atoms. The fourth-order valence-electron chi connectivity index (χ4n) is 4.22. The summed E-state index contributed by atoms with van der Waals surface area (Å²) < 4.78 is 0. The number of carbonyl (C=O) groups is 4. The van der Waals surface area contributed by atoms with Crippen LogP contribution in [-0.4, -0.2) is 74.1 Å². The van der Waals surface area contributed by atoms with E-state index in [1.54, 1.807) is 37.2 Å². The smallest absolute Gasteiger partial charge is 0.279 e. The van der Waals surface area contributed by atoms with E-state index in [2.05, 4.69) is 29.9 Å². The van der Waals surface area contributed by atoms with Gasteiger partial charge in [-0.3, -0.25) is 59.5 Å². The van der Waals surface area contributed by atoms with Gasteiger partial charge in [-0.1, -0.05) is 36.4 Å². The Kier molecular flexibility index (Phi) is 17.5. The Morgan fingerprint density at radius 3 is 0.604 bits per heavy atom. The Labute approximate surface area is 318 Å². The standard InChI is InChI=1S/3C10H8N2.2C4H5NO3.Ru/c3*1-3-7-11-9(5-1)10-6-2-4-8-12-10;2*6-3-1-2-4(7)5(3)8;/h3*1-8H;2*8H,1-2H2;/q;;;;;+2. The molecule has 0 saturated carbocycles. The molecule has 2 aliphatic heterocycles. The van der Waals surface area contributed by atoms with E-state index in [-0.39, 0.29) is 55.3 Å². The van der Waals surface area contributed by atoms with E-state index in [1.165, 1.54) is 0 Å². The van der Waals surface area contributed by atoms with Crippen LogP contribution in [0.3, 0.4) is 0 Å². The van der Waals surface area contributed by atoms with Gasteiger partial charge < -0.3 is 0 Å². The second-order valence-electron chi connectivity index (χ2n) is 10.5. The predicted octanol–water partition coefficient (Wildman–Crippen LogP) is 5.48. The van der Waals surface area contributed by atoms with Gasteiger partial charge in [0.25, 0.3) is 23.6 Å². The summed E-state index contributed by atoms with van der Waals surface area (Å²) in [6.07, 6.45) is 11.2. The fourth-order valence-corrected chi connectivity index (χ4v) is 4.22. The number of amides is 4. The van der Waals surface area contributed by atoms with Crippen LogP contribution in [0.15, 0.2) is 146 Å². The van der Waals surface area contributed by atoms with Crippen molar-refractivity contribution >= 4 is 23.6 Å². The van der Waals surface area contributed by atoms with E-state index in [1.807, 2.05) is 109 Å². The van der Waals surface area contributed by atoms with Crippen LogP contribution in [-0.2, 0) is 38.7 Å². The zero-order valence-corrected chi connectivity index (χ0v) is 29.9. The van der Waals surface area contributed by atoms with E-state index in [0.29, 0.717) is 0 Å². The summed E-state index contributed by atoms with van der Waals surface area (Å²) in [5, 5.41) is 17.1. The number of aromatic nitrogens is 6. The second-order valence-corrected chi connectivity index (χ2v) is 10.5. The summed E-state index contributed by atoms with van der Waals surface area (Å²) >= 11 is 0. The van der Waals surface area contributed by atoms with E-state index in [9.17, 15) is 19.2 Å². The van der Waals surface area contributed by atoms with E-state index in [4.69, 9.17) is 10.4 Å². The molecule has 0 aromatic carbocycles. The van der Waals surface area contributed by atoms with Crippen molar-refractivity contribution < 1.29 is 49.1 Å². The Balaban J connectivity index is 0.000000180. The Hall–Kier alpha value is -6.28. The third-order valence-corrected chi connectivity index (χ3v) is 6.83. The number of pyridine rings is 6. The summed E-state index contributed by atoms with van der Waals surface area (Å²) in [7, 11) is 0. The monoisotopic (exact) mass is 800 g/mol. The number of hydrogen-bond acceptors (Lipinski definition) is 12. The summed E-state index contributed by atoms with van der Waals surface area (Å²) in [6, 6.07) is 34.8. The van der Waals surface area contributed by atoms with Gasteiger partial charge in [0.15, 0.2) is 0 Å². The van der Waals surface area contributed by atoms with Crippen LogP contribution < -0.4 is 0 Å². The van der Waals surface area contributed by atoms with Crippen molar-refractivity contribution in [1.29, 1.82) is 0 Å². The van der Waals surface area contributed by atoms with Crippen molar-refractivity contribution in [2.75, 3.05) is 0 Å². The fraction of sp³-hybridized carbons (Fsp3) is 0.105. The molecule has 2 fully saturated rings. The molecular weight excluding hydrogens is 766 g/mol. The van der Waals surface area contributed by atoms with Gasteiger partial charge in [-0.05, 0) is 72.8 Å². The molecule has 15 heteroatoms. The van der Waals surface area contributed by atoms with E-state index >= 15 is 0 Å². The first-order valence-electron chi connectivity index (χ1n) is 15.9. The van der Waals surface area contributed by atoms with Crippen molar-refractivity contribution in [2.24, 2.45) is 0 Å². The van der Waals surface area contributed by atoms with Gasteiger partial charge in [0.1, 0.15) is 0 Å². The number of rotatable bonds is 3. The van der Waals surface area contributed by atoms with Crippen LogP contribution >= 0.6 is 0 Å². The molecule has 2 saturated heterocycles. The molecule has 0 unspecified atom stereocenters. The second kappa shape index (κ2) is 22.5. The summed E-state index contributed by atoms with van der Waals surface area (Å²) in [6.45, 7) is 0. The maximum Gasteiger partial charge on any atom is 2.00 e. The molecule has 2 aliphatic rings. The minimum absolute atomic E-state index is 0. The van der Waals surface area contributed by atoms with Gasteiger partial charge in [0.2, 0.25) is 0 Å². The van der Waals surface area contributed by atoms with Gasteiger partial charge >= 0.3 is 19.5 Å². The average Bonchev–Trinajstić information content (AvgIpc) is 3.69. The Bertz CT molecular complexity index is 1630. The quantitative estimate of drug-likeness (QED) is 0.130. The molecule has 6 aromatic heterocycles. The maximum atomic E-state index is 10.2. The van der Waals surface area contributed by atoms with Crippen molar-refractivity contribution in [3.63, 3.8) is 0 Å². The van der Waals surface area contributed by atoms with Gasteiger partial charge in [-0.25, -0.2) is 0 Å². The molecule has 14 nitrogen and oxygen atoms in total. The first-order valence-corrected chi connectivity index (χ1v) is 15.9. The molecule has 8 heterocycles. The number of carbonyl (C=O) groups excluding carboxylic acids is 4. The van der Waals surface area contributed by atoms with Gasteiger partial charge in [-0.15, -0.1) is 0 Å². The average molecular weight is 800 g/mol. The van der Waals surface area contributed by atoms with Crippen molar-refractivity contribution in [1.82, 2.24) is 40.0 Å². The molecule has 0 atom stereocenters. The molecular formula is C38H34N8O6Ru+2. The number of hydrogen-bond donors (Lipinski definition) is 2. The molecule has 268 valence electrons. The van der Waals surface area contributed by atoms with Crippen LogP contribution in [0.2, 0.25) is 0 Å². The zero-order valence-electron chi connectivity index (χ0n) is 28.1. The van der Waals surface area contributed by atoms with Crippen molar-refractivity contribution in [3.05, 3.63) is 146 Å². The molecule has 0 bridgehead atoms. The van der Waals surface area contributed by atoms with E-state index < -0.39 is 23.6 Å². The number of hydroxylamine groups is 4. The number of imide groups is 2. The van der Waals surface area contributed by atoms with Crippen LogP contribution in [0.5, 0.6) is 0 Å². The molecule has 6 aromatic rings. The number of nitrogens with zero attached hydrogens (tertiary/aromatic N) is 8. The normalized spacial score (nSPS) is 12.7. The molecule has 4 amide bonds. The molecule has 0 aliphatic carbocycles. The molecule has 2 N–H and O–H groups in total. The largest absolute Gasteiger partial charge is 2.00 e. The SMILES string of the molecule is O=C1CCC(=O)N1O.O=C1CCC(=O)N1O.[Ru+2].c1ccc(-c2ccccn2)nc1.c1ccc(-c2ccccn2)nc1.c1ccc(-c2ccccn2)nc1. The van der Waals surface area contributed by atoms with Crippen LogP contribution in [0.25, 0.3) is 34.2 Å². The summed E-state index contributed by atoms with van der Waals surface area (Å²) in [5.74, 6) is -2.02. The Morgan fingerprint density at radius 1 is 0.340 bits per heavy atom. The van der Waals surface area contributed by atoms with Crippen molar-refractivity contribution in [3.8, 4) is 34.2 Å². The first kappa shape index (κ1) is 41.1. The summed E-state index contributed by atoms with van der Waals surface area (Å²) in [4.78, 5) is 66.1.